The summed E-state index contributed by atoms with van der Waals surface area (Å²) < 4.78 is 6.50. The molecule has 1 aliphatic rings. The molecule has 0 saturated heterocycles. The van der Waals surface area contributed by atoms with Crippen LogP contribution >= 0.6 is 0 Å². The molecule has 1 atom stereocenters. The Balaban J connectivity index is 1.97. The van der Waals surface area contributed by atoms with Gasteiger partial charge in [0.15, 0.2) is 0 Å². The van der Waals surface area contributed by atoms with Crippen LogP contribution in [0.3, 0.4) is 0 Å². The van der Waals surface area contributed by atoms with E-state index in [1.165, 1.54) is 27.5 Å². The summed E-state index contributed by atoms with van der Waals surface area (Å²) in [6.07, 6.45) is 9.30. The van der Waals surface area contributed by atoms with E-state index in [9.17, 15) is 0 Å². The molecule has 2 aromatic carbocycles. The monoisotopic (exact) mass is 331 g/mol. The number of dihydropyridines is 1. The first kappa shape index (κ1) is 16.0. The summed E-state index contributed by atoms with van der Waals surface area (Å²) in [6.45, 7) is 8.97. The maximum Gasteiger partial charge on any atom is 0.141 e. The number of hydrogen-bond acceptors (Lipinski definition) is 2. The Bertz CT molecular complexity index is 998. The Morgan fingerprint density at radius 3 is 2.52 bits per heavy atom. The number of benzene rings is 2. The largest absolute Gasteiger partial charge is 0.455 e. The van der Waals surface area contributed by atoms with Crippen LogP contribution in [-0.4, -0.2) is 0 Å². The first-order valence-electron chi connectivity index (χ1n) is 8.97. The third-order valence-electron chi connectivity index (χ3n) is 4.82. The SMILES string of the molecule is Cc1ccc2c(oc3c(CC(C)(C)C)cccc32)c1C1C=CC=CN1. The number of hydrogen-bond donors (Lipinski definition) is 1. The van der Waals surface area contributed by atoms with Crippen molar-refractivity contribution in [3.05, 3.63) is 71.5 Å². The third kappa shape index (κ3) is 2.86. The first-order chi connectivity index (χ1) is 11.9. The van der Waals surface area contributed by atoms with Gasteiger partial charge in [0.2, 0.25) is 0 Å². The summed E-state index contributed by atoms with van der Waals surface area (Å²) in [5, 5.41) is 5.86. The van der Waals surface area contributed by atoms with Crippen molar-refractivity contribution in [1.29, 1.82) is 0 Å². The van der Waals surface area contributed by atoms with E-state index in [2.05, 4.69) is 75.5 Å². The topological polar surface area (TPSA) is 25.2 Å². The van der Waals surface area contributed by atoms with Crippen LogP contribution in [0.4, 0.5) is 0 Å². The second-order valence-electron chi connectivity index (χ2n) is 8.19. The number of rotatable bonds is 2. The Hall–Kier alpha value is -2.48. The van der Waals surface area contributed by atoms with Gasteiger partial charge in [0, 0.05) is 16.3 Å². The Kier molecular flexibility index (Phi) is 3.72. The molecule has 1 unspecified atom stereocenters. The standard InChI is InChI=1S/C23H25NO/c1-15-11-12-18-17-9-7-8-16(14-23(2,3)4)21(17)25-22(18)20(15)19-10-5-6-13-24-19/h5-13,19,24H,14H2,1-4H3. The molecule has 0 amide bonds. The second kappa shape index (κ2) is 5.80. The molecular formula is C23H25NO. The normalized spacial score (nSPS) is 17.4. The minimum atomic E-state index is 0.153. The molecule has 0 bridgehead atoms. The molecular weight excluding hydrogens is 306 g/mol. The fourth-order valence-corrected chi connectivity index (χ4v) is 3.76. The summed E-state index contributed by atoms with van der Waals surface area (Å²) in [4.78, 5) is 0. The summed E-state index contributed by atoms with van der Waals surface area (Å²) in [5.74, 6) is 0. The number of aryl methyl sites for hydroxylation is 1. The molecule has 2 heterocycles. The van der Waals surface area contributed by atoms with E-state index in [0.717, 1.165) is 17.6 Å². The molecule has 0 spiro atoms. The van der Waals surface area contributed by atoms with Gasteiger partial charge in [-0.15, -0.1) is 0 Å². The van der Waals surface area contributed by atoms with Gasteiger partial charge in [-0.3, -0.25) is 0 Å². The van der Waals surface area contributed by atoms with Crippen LogP contribution in [0.25, 0.3) is 21.9 Å². The Morgan fingerprint density at radius 1 is 1.00 bits per heavy atom. The summed E-state index contributed by atoms with van der Waals surface area (Å²) in [7, 11) is 0. The highest BCUT2D eigenvalue weighted by atomic mass is 16.3. The van der Waals surface area contributed by atoms with Crippen LogP contribution in [0.5, 0.6) is 0 Å². The van der Waals surface area contributed by atoms with E-state index < -0.39 is 0 Å². The van der Waals surface area contributed by atoms with E-state index in [0.29, 0.717) is 0 Å². The number of nitrogens with one attached hydrogen (secondary N) is 1. The Morgan fingerprint density at radius 2 is 1.80 bits per heavy atom. The molecule has 128 valence electrons. The van der Waals surface area contributed by atoms with Gasteiger partial charge in [-0.25, -0.2) is 0 Å². The van der Waals surface area contributed by atoms with E-state index in [4.69, 9.17) is 4.42 Å². The maximum atomic E-state index is 6.50. The highest BCUT2D eigenvalue weighted by Gasteiger charge is 2.21. The molecule has 3 aromatic rings. The minimum absolute atomic E-state index is 0.153. The van der Waals surface area contributed by atoms with Gasteiger partial charge in [-0.1, -0.05) is 63.3 Å². The van der Waals surface area contributed by atoms with Crippen LogP contribution in [0.1, 0.15) is 43.5 Å². The Labute approximate surface area is 149 Å². The highest BCUT2D eigenvalue weighted by molar-refractivity contribution is 6.07. The summed E-state index contributed by atoms with van der Waals surface area (Å²) >= 11 is 0. The molecule has 0 aliphatic carbocycles. The van der Waals surface area contributed by atoms with Gasteiger partial charge in [0.1, 0.15) is 11.2 Å². The molecule has 0 radical (unpaired) electrons. The number of furan rings is 1. The predicted molar refractivity (Wildman–Crippen MR) is 106 cm³/mol. The van der Waals surface area contributed by atoms with Gasteiger partial charge in [0.25, 0.3) is 0 Å². The van der Waals surface area contributed by atoms with Gasteiger partial charge in [-0.05, 0) is 42.2 Å². The van der Waals surface area contributed by atoms with Crippen LogP contribution in [-0.2, 0) is 6.42 Å². The zero-order valence-electron chi connectivity index (χ0n) is 15.4. The van der Waals surface area contributed by atoms with Crippen LogP contribution in [0.15, 0.2) is 59.2 Å². The van der Waals surface area contributed by atoms with E-state index in [1.54, 1.807) is 0 Å². The summed E-state index contributed by atoms with van der Waals surface area (Å²) in [5.41, 5.74) is 6.04. The van der Waals surface area contributed by atoms with Crippen molar-refractivity contribution in [2.75, 3.05) is 0 Å². The fourth-order valence-electron chi connectivity index (χ4n) is 3.76. The molecule has 1 N–H and O–H groups in total. The molecule has 25 heavy (non-hydrogen) atoms. The van der Waals surface area contributed by atoms with Gasteiger partial charge < -0.3 is 9.73 Å². The number of allylic oxidation sites excluding steroid dienone is 2. The van der Waals surface area contributed by atoms with Crippen molar-refractivity contribution >= 4 is 21.9 Å². The van der Waals surface area contributed by atoms with Crippen LogP contribution < -0.4 is 5.32 Å². The van der Waals surface area contributed by atoms with Crippen molar-refractivity contribution < 1.29 is 4.42 Å². The van der Waals surface area contributed by atoms with Crippen LogP contribution in [0.2, 0.25) is 0 Å². The van der Waals surface area contributed by atoms with Crippen molar-refractivity contribution in [3.63, 3.8) is 0 Å². The van der Waals surface area contributed by atoms with Gasteiger partial charge in [0.05, 0.1) is 6.04 Å². The van der Waals surface area contributed by atoms with E-state index in [1.807, 2.05) is 12.3 Å². The maximum absolute atomic E-state index is 6.50. The zero-order valence-corrected chi connectivity index (χ0v) is 15.4. The minimum Gasteiger partial charge on any atom is -0.455 e. The molecule has 2 heteroatoms. The van der Waals surface area contributed by atoms with Crippen molar-refractivity contribution in [2.45, 2.75) is 40.2 Å². The van der Waals surface area contributed by atoms with Crippen molar-refractivity contribution in [3.8, 4) is 0 Å². The number of para-hydroxylation sites is 1. The van der Waals surface area contributed by atoms with Crippen molar-refractivity contribution in [1.82, 2.24) is 5.32 Å². The zero-order chi connectivity index (χ0) is 17.6. The molecule has 1 aromatic heterocycles. The molecule has 0 saturated carbocycles. The smallest absolute Gasteiger partial charge is 0.141 e. The summed E-state index contributed by atoms with van der Waals surface area (Å²) in [6, 6.07) is 11.1. The lowest BCUT2D eigenvalue weighted by molar-refractivity contribution is 0.410. The number of fused-ring (bicyclic) bond motifs is 3. The fraction of sp³-hybridized carbons (Fsp3) is 0.304. The van der Waals surface area contributed by atoms with Crippen LogP contribution in [0, 0.1) is 12.3 Å². The quantitative estimate of drug-likeness (QED) is 0.605. The average molecular weight is 331 g/mol. The third-order valence-corrected chi connectivity index (χ3v) is 4.82. The van der Waals surface area contributed by atoms with Crippen molar-refractivity contribution in [2.24, 2.45) is 5.41 Å². The first-order valence-corrected chi connectivity index (χ1v) is 8.97. The lowest BCUT2D eigenvalue weighted by atomic mass is 9.87. The predicted octanol–water partition coefficient (Wildman–Crippen LogP) is 6.20. The molecule has 0 fully saturated rings. The molecule has 4 rings (SSSR count). The molecule has 2 nitrogen and oxygen atoms in total. The van der Waals surface area contributed by atoms with Gasteiger partial charge >= 0.3 is 0 Å². The molecule has 1 aliphatic heterocycles. The average Bonchev–Trinajstić information content (AvgIpc) is 2.94. The van der Waals surface area contributed by atoms with E-state index >= 15 is 0 Å². The van der Waals surface area contributed by atoms with Gasteiger partial charge in [-0.2, -0.15) is 0 Å². The lowest BCUT2D eigenvalue weighted by Crippen LogP contribution is -2.16. The lowest BCUT2D eigenvalue weighted by Gasteiger charge is -2.18. The van der Waals surface area contributed by atoms with E-state index in [-0.39, 0.29) is 11.5 Å². The second-order valence-corrected chi connectivity index (χ2v) is 8.19. The highest BCUT2D eigenvalue weighted by Crippen LogP contribution is 2.38.